The van der Waals surface area contributed by atoms with Gasteiger partial charge in [0.2, 0.25) is 0 Å². The highest BCUT2D eigenvalue weighted by atomic mass is 16.6. The average molecular weight is 374 g/mol. The Morgan fingerprint density at radius 2 is 1.85 bits per heavy atom. The summed E-state index contributed by atoms with van der Waals surface area (Å²) < 4.78 is 5.53. The molecule has 1 aromatic heterocycles. The van der Waals surface area contributed by atoms with E-state index in [4.69, 9.17) is 9.72 Å². The zero-order valence-electron chi connectivity index (χ0n) is 16.7. The number of pyridine rings is 1. The van der Waals surface area contributed by atoms with Gasteiger partial charge in [-0.05, 0) is 52.2 Å². The molecule has 2 fully saturated rings. The van der Waals surface area contributed by atoms with E-state index in [1.54, 1.807) is 0 Å². The number of aromatic nitrogens is 1. The Bertz CT molecular complexity index is 694. The minimum absolute atomic E-state index is 0.217. The average Bonchev–Trinajstić information content (AvgIpc) is 3.03. The van der Waals surface area contributed by atoms with E-state index in [-0.39, 0.29) is 6.09 Å². The number of fused-ring (bicyclic) bond motifs is 2. The molecule has 27 heavy (non-hydrogen) atoms. The van der Waals surface area contributed by atoms with Gasteiger partial charge in [-0.1, -0.05) is 0 Å². The van der Waals surface area contributed by atoms with Crippen LogP contribution >= 0.6 is 0 Å². The highest BCUT2D eigenvalue weighted by Crippen LogP contribution is 2.34. The minimum Gasteiger partial charge on any atom is -0.444 e. The maximum absolute atomic E-state index is 12.4. The lowest BCUT2D eigenvalue weighted by Gasteiger charge is -2.28. The molecular weight excluding hydrogens is 342 g/mol. The van der Waals surface area contributed by atoms with E-state index in [1.807, 2.05) is 25.7 Å². The van der Waals surface area contributed by atoms with Crippen LogP contribution in [0.3, 0.4) is 0 Å². The van der Waals surface area contributed by atoms with Crippen LogP contribution in [0.15, 0.2) is 12.1 Å². The fourth-order valence-electron chi connectivity index (χ4n) is 4.09. The first-order valence-electron chi connectivity index (χ1n) is 10.1. The highest BCUT2D eigenvalue weighted by molar-refractivity contribution is 5.71. The molecule has 0 unspecified atom stereocenters. The van der Waals surface area contributed by atoms with Crippen molar-refractivity contribution in [1.82, 2.24) is 9.88 Å². The zero-order valence-corrected chi connectivity index (χ0v) is 16.7. The van der Waals surface area contributed by atoms with Crippen LogP contribution in [-0.4, -0.2) is 66.9 Å². The van der Waals surface area contributed by atoms with Crippen molar-refractivity contribution in [2.24, 2.45) is 0 Å². The Balaban J connectivity index is 1.45. The molecule has 0 radical (unpaired) electrons. The summed E-state index contributed by atoms with van der Waals surface area (Å²) in [4.78, 5) is 23.9. The molecule has 4 aliphatic rings. The molecule has 0 aliphatic carbocycles. The monoisotopic (exact) mass is 373 g/mol. The number of hydrogen-bond acceptors (Lipinski definition) is 6. The lowest BCUT2D eigenvalue weighted by molar-refractivity contribution is 0.0263. The van der Waals surface area contributed by atoms with Crippen molar-refractivity contribution in [3.05, 3.63) is 12.1 Å². The molecule has 1 N–H and O–H groups in total. The van der Waals surface area contributed by atoms with Crippen LogP contribution in [0.5, 0.6) is 0 Å². The Labute approximate surface area is 161 Å². The van der Waals surface area contributed by atoms with E-state index in [2.05, 4.69) is 27.2 Å². The van der Waals surface area contributed by atoms with Gasteiger partial charge in [0.25, 0.3) is 0 Å². The molecule has 1 aromatic rings. The zero-order chi connectivity index (χ0) is 19.0. The first-order chi connectivity index (χ1) is 12.9. The minimum atomic E-state index is -0.456. The van der Waals surface area contributed by atoms with Crippen LogP contribution in [0.2, 0.25) is 0 Å². The van der Waals surface area contributed by atoms with Crippen LogP contribution < -0.4 is 15.1 Å². The Kier molecular flexibility index (Phi) is 4.78. The summed E-state index contributed by atoms with van der Waals surface area (Å²) in [5.74, 6) is 2.01. The molecular formula is C20H31N5O2. The molecule has 0 spiro atoms. The SMILES string of the molecule is CC(C)(C)OC(=O)N1CCCN(c2ccc3c(n2)NC2CCN3CC2)CC1. The van der Waals surface area contributed by atoms with Crippen molar-refractivity contribution in [3.63, 3.8) is 0 Å². The van der Waals surface area contributed by atoms with Crippen LogP contribution in [0.1, 0.15) is 40.0 Å². The molecule has 0 atom stereocenters. The van der Waals surface area contributed by atoms with E-state index in [0.29, 0.717) is 12.6 Å². The number of ether oxygens (including phenoxy) is 1. The molecule has 7 nitrogen and oxygen atoms in total. The van der Waals surface area contributed by atoms with Gasteiger partial charge in [-0.3, -0.25) is 0 Å². The summed E-state index contributed by atoms with van der Waals surface area (Å²) in [6.45, 7) is 11.0. The third-order valence-electron chi connectivity index (χ3n) is 5.51. The number of hydrogen-bond donors (Lipinski definition) is 1. The molecule has 7 heteroatoms. The second-order valence-electron chi connectivity index (χ2n) is 8.75. The molecule has 1 amide bonds. The van der Waals surface area contributed by atoms with E-state index in [9.17, 15) is 4.79 Å². The van der Waals surface area contributed by atoms with Crippen molar-refractivity contribution in [2.45, 2.75) is 51.7 Å². The standard InChI is InChI=1S/C20H31N5O2/c1-20(2,3)27-19(26)25-10-4-9-24(13-14-25)17-6-5-16-18(22-17)21-15-7-11-23(16)12-8-15/h5-6,15H,4,7-14H2,1-3H3,(H,21,22). The number of rotatable bonds is 1. The van der Waals surface area contributed by atoms with Gasteiger partial charge in [0.15, 0.2) is 5.82 Å². The Morgan fingerprint density at radius 3 is 2.59 bits per heavy atom. The molecule has 0 aromatic carbocycles. The van der Waals surface area contributed by atoms with Crippen molar-refractivity contribution in [3.8, 4) is 0 Å². The molecule has 5 rings (SSSR count). The summed E-state index contributed by atoms with van der Waals surface area (Å²) in [6.07, 6.45) is 3.06. The maximum atomic E-state index is 12.4. The number of amides is 1. The van der Waals surface area contributed by atoms with Crippen LogP contribution in [0.25, 0.3) is 0 Å². The summed E-state index contributed by atoms with van der Waals surface area (Å²) in [6, 6.07) is 4.87. The number of carbonyl (C=O) groups is 1. The fourth-order valence-corrected chi connectivity index (χ4v) is 4.09. The van der Waals surface area contributed by atoms with E-state index >= 15 is 0 Å². The number of nitrogens with one attached hydrogen (secondary N) is 1. The molecule has 0 saturated carbocycles. The van der Waals surface area contributed by atoms with Crippen molar-refractivity contribution in [2.75, 3.05) is 54.4 Å². The fraction of sp³-hybridized carbons (Fsp3) is 0.700. The van der Waals surface area contributed by atoms with Crippen LogP contribution in [-0.2, 0) is 4.74 Å². The summed E-state index contributed by atoms with van der Waals surface area (Å²) >= 11 is 0. The van der Waals surface area contributed by atoms with Crippen LogP contribution in [0.4, 0.5) is 22.1 Å². The van der Waals surface area contributed by atoms with Gasteiger partial charge < -0.3 is 24.8 Å². The molecule has 2 saturated heterocycles. The highest BCUT2D eigenvalue weighted by Gasteiger charge is 2.29. The number of carbonyl (C=O) groups excluding carboxylic acids is 1. The Morgan fingerprint density at radius 1 is 1.07 bits per heavy atom. The molecule has 148 valence electrons. The first-order valence-corrected chi connectivity index (χ1v) is 10.1. The molecule has 5 heterocycles. The normalized spacial score (nSPS) is 20.6. The summed E-state index contributed by atoms with van der Waals surface area (Å²) in [7, 11) is 0. The lowest BCUT2D eigenvalue weighted by Crippen LogP contribution is -2.39. The van der Waals surface area contributed by atoms with Gasteiger partial charge in [-0.15, -0.1) is 0 Å². The van der Waals surface area contributed by atoms with E-state index in [1.165, 1.54) is 18.5 Å². The van der Waals surface area contributed by atoms with Gasteiger partial charge >= 0.3 is 6.09 Å². The predicted octanol–water partition coefficient (Wildman–Crippen LogP) is 2.92. The van der Waals surface area contributed by atoms with Crippen LogP contribution in [0, 0.1) is 0 Å². The third kappa shape index (κ3) is 4.06. The number of nitrogens with zero attached hydrogens (tertiary/aromatic N) is 4. The Hall–Kier alpha value is -2.18. The number of anilines is 3. The van der Waals surface area contributed by atoms with Crippen molar-refractivity contribution < 1.29 is 9.53 Å². The predicted molar refractivity (Wildman–Crippen MR) is 108 cm³/mol. The van der Waals surface area contributed by atoms with Gasteiger partial charge in [-0.25, -0.2) is 9.78 Å². The van der Waals surface area contributed by atoms with Gasteiger partial charge in [0, 0.05) is 45.3 Å². The van der Waals surface area contributed by atoms with E-state index < -0.39 is 5.60 Å². The van der Waals surface area contributed by atoms with Gasteiger partial charge in [-0.2, -0.15) is 0 Å². The first kappa shape index (κ1) is 18.2. The second kappa shape index (κ2) is 7.09. The third-order valence-corrected chi connectivity index (χ3v) is 5.51. The van der Waals surface area contributed by atoms with Crippen molar-refractivity contribution >= 4 is 23.4 Å². The second-order valence-corrected chi connectivity index (χ2v) is 8.75. The van der Waals surface area contributed by atoms with Gasteiger partial charge in [0.05, 0.1) is 5.69 Å². The van der Waals surface area contributed by atoms with E-state index in [0.717, 1.165) is 50.8 Å². The molecule has 2 bridgehead atoms. The quantitative estimate of drug-likeness (QED) is 0.817. The summed E-state index contributed by atoms with van der Waals surface area (Å²) in [5.41, 5.74) is 0.770. The number of piperidine rings is 1. The van der Waals surface area contributed by atoms with Crippen molar-refractivity contribution in [1.29, 1.82) is 0 Å². The molecule has 4 aliphatic heterocycles. The lowest BCUT2D eigenvalue weighted by atomic mass is 10.1. The largest absolute Gasteiger partial charge is 0.444 e. The summed E-state index contributed by atoms with van der Waals surface area (Å²) in [5, 5.41) is 3.63. The maximum Gasteiger partial charge on any atom is 0.410 e. The smallest absolute Gasteiger partial charge is 0.410 e. The van der Waals surface area contributed by atoms with Gasteiger partial charge in [0.1, 0.15) is 11.4 Å². The topological polar surface area (TPSA) is 60.9 Å².